The van der Waals surface area contributed by atoms with Gasteiger partial charge < -0.3 is 14.8 Å². The zero-order valence-corrected chi connectivity index (χ0v) is 14.1. The second-order valence-electron chi connectivity index (χ2n) is 4.99. The van der Waals surface area contributed by atoms with Crippen molar-refractivity contribution in [1.82, 2.24) is 0 Å². The molecule has 0 radical (unpaired) electrons. The number of ether oxygens (including phenoxy) is 2. The standard InChI is InChI=1S/C17H18BrNO3/c1-12(2)22-15-8-6-14(7-9-15)19-17(20)11-21-16-5-3-4-13(18)10-16/h3-10,12H,11H2,1-2H3,(H,19,20). The van der Waals surface area contributed by atoms with Gasteiger partial charge in [0.2, 0.25) is 0 Å². The molecule has 0 atom stereocenters. The monoisotopic (exact) mass is 363 g/mol. The van der Waals surface area contributed by atoms with E-state index in [1.165, 1.54) is 0 Å². The highest BCUT2D eigenvalue weighted by molar-refractivity contribution is 9.10. The van der Waals surface area contributed by atoms with Gasteiger partial charge in [0, 0.05) is 10.2 Å². The molecular formula is C17H18BrNO3. The SMILES string of the molecule is CC(C)Oc1ccc(NC(=O)COc2cccc(Br)c2)cc1. The maximum Gasteiger partial charge on any atom is 0.262 e. The van der Waals surface area contributed by atoms with Gasteiger partial charge in [0.1, 0.15) is 11.5 Å². The molecule has 1 N–H and O–H groups in total. The van der Waals surface area contributed by atoms with Crippen molar-refractivity contribution in [1.29, 1.82) is 0 Å². The Morgan fingerprint density at radius 1 is 1.14 bits per heavy atom. The summed E-state index contributed by atoms with van der Waals surface area (Å²) in [6.07, 6.45) is 0.124. The number of hydrogen-bond donors (Lipinski definition) is 1. The molecule has 0 unspecified atom stereocenters. The van der Waals surface area contributed by atoms with E-state index in [0.717, 1.165) is 10.2 Å². The maximum atomic E-state index is 11.9. The van der Waals surface area contributed by atoms with Crippen molar-refractivity contribution >= 4 is 27.5 Å². The van der Waals surface area contributed by atoms with Crippen LogP contribution >= 0.6 is 15.9 Å². The lowest BCUT2D eigenvalue weighted by molar-refractivity contribution is -0.118. The van der Waals surface area contributed by atoms with Gasteiger partial charge in [-0.3, -0.25) is 4.79 Å². The minimum Gasteiger partial charge on any atom is -0.491 e. The Hall–Kier alpha value is -2.01. The number of rotatable bonds is 6. The molecule has 0 aliphatic heterocycles. The lowest BCUT2D eigenvalue weighted by Crippen LogP contribution is -2.20. The van der Waals surface area contributed by atoms with Crippen LogP contribution in [0.5, 0.6) is 11.5 Å². The number of carbonyl (C=O) groups is 1. The molecule has 0 aliphatic rings. The fourth-order valence-corrected chi connectivity index (χ4v) is 2.17. The van der Waals surface area contributed by atoms with Crippen LogP contribution in [0.1, 0.15) is 13.8 Å². The fraction of sp³-hybridized carbons (Fsp3) is 0.235. The normalized spacial score (nSPS) is 10.4. The smallest absolute Gasteiger partial charge is 0.262 e. The van der Waals surface area contributed by atoms with Gasteiger partial charge in [0.25, 0.3) is 5.91 Å². The molecule has 0 bridgehead atoms. The van der Waals surface area contributed by atoms with Crippen molar-refractivity contribution < 1.29 is 14.3 Å². The molecule has 2 rings (SSSR count). The first-order valence-electron chi connectivity index (χ1n) is 6.98. The van der Waals surface area contributed by atoms with Crippen LogP contribution in [0, 0.1) is 0 Å². The van der Waals surface area contributed by atoms with E-state index in [9.17, 15) is 4.79 Å². The van der Waals surface area contributed by atoms with Crippen LogP contribution in [-0.2, 0) is 4.79 Å². The zero-order chi connectivity index (χ0) is 15.9. The maximum absolute atomic E-state index is 11.9. The van der Waals surface area contributed by atoms with Gasteiger partial charge in [-0.25, -0.2) is 0 Å². The molecule has 22 heavy (non-hydrogen) atoms. The van der Waals surface area contributed by atoms with Gasteiger partial charge in [-0.05, 0) is 56.3 Å². The third kappa shape index (κ3) is 5.41. The third-order valence-electron chi connectivity index (χ3n) is 2.68. The van der Waals surface area contributed by atoms with Crippen LogP contribution in [0.4, 0.5) is 5.69 Å². The minimum absolute atomic E-state index is 0.0410. The van der Waals surface area contributed by atoms with E-state index in [4.69, 9.17) is 9.47 Å². The number of amides is 1. The van der Waals surface area contributed by atoms with Crippen molar-refractivity contribution in [2.24, 2.45) is 0 Å². The highest BCUT2D eigenvalue weighted by atomic mass is 79.9. The average Bonchev–Trinajstić information content (AvgIpc) is 2.47. The van der Waals surface area contributed by atoms with Crippen LogP contribution in [-0.4, -0.2) is 18.6 Å². The van der Waals surface area contributed by atoms with Gasteiger partial charge in [0.05, 0.1) is 6.10 Å². The van der Waals surface area contributed by atoms with Crippen LogP contribution < -0.4 is 14.8 Å². The summed E-state index contributed by atoms with van der Waals surface area (Å²) < 4.78 is 11.9. The third-order valence-corrected chi connectivity index (χ3v) is 3.17. The fourth-order valence-electron chi connectivity index (χ4n) is 1.79. The molecule has 2 aromatic rings. The predicted octanol–water partition coefficient (Wildman–Crippen LogP) is 4.25. The molecular weight excluding hydrogens is 346 g/mol. The summed E-state index contributed by atoms with van der Waals surface area (Å²) in [6, 6.07) is 14.6. The lowest BCUT2D eigenvalue weighted by Gasteiger charge is -2.11. The highest BCUT2D eigenvalue weighted by Crippen LogP contribution is 2.18. The zero-order valence-electron chi connectivity index (χ0n) is 12.5. The number of halogens is 1. The van der Waals surface area contributed by atoms with Crippen LogP contribution in [0.2, 0.25) is 0 Å². The summed E-state index contributed by atoms with van der Waals surface area (Å²) in [5, 5.41) is 2.78. The molecule has 1 amide bonds. The molecule has 0 aromatic heterocycles. The van der Waals surface area contributed by atoms with Gasteiger partial charge in [0.15, 0.2) is 6.61 Å². The van der Waals surface area contributed by atoms with Crippen molar-refractivity contribution in [3.05, 3.63) is 53.0 Å². The first kappa shape index (κ1) is 16.4. The molecule has 0 saturated carbocycles. The van der Waals surface area contributed by atoms with Crippen LogP contribution in [0.25, 0.3) is 0 Å². The van der Waals surface area contributed by atoms with Crippen molar-refractivity contribution in [2.75, 3.05) is 11.9 Å². The second-order valence-corrected chi connectivity index (χ2v) is 5.90. The summed E-state index contributed by atoms with van der Waals surface area (Å²) >= 11 is 3.35. The molecule has 0 fully saturated rings. The van der Waals surface area contributed by atoms with Crippen LogP contribution in [0.15, 0.2) is 53.0 Å². The first-order valence-corrected chi connectivity index (χ1v) is 7.77. The number of nitrogens with one attached hydrogen (secondary N) is 1. The average molecular weight is 364 g/mol. The Bertz CT molecular complexity index is 626. The molecule has 0 saturated heterocycles. The summed E-state index contributed by atoms with van der Waals surface area (Å²) in [7, 11) is 0. The summed E-state index contributed by atoms with van der Waals surface area (Å²) in [6.45, 7) is 3.89. The summed E-state index contributed by atoms with van der Waals surface area (Å²) in [4.78, 5) is 11.9. The van der Waals surface area contributed by atoms with Crippen LogP contribution in [0.3, 0.4) is 0 Å². The Morgan fingerprint density at radius 2 is 1.86 bits per heavy atom. The number of benzene rings is 2. The molecule has 116 valence electrons. The molecule has 4 nitrogen and oxygen atoms in total. The molecule has 5 heteroatoms. The number of hydrogen-bond acceptors (Lipinski definition) is 3. The highest BCUT2D eigenvalue weighted by Gasteiger charge is 2.05. The van der Waals surface area contributed by atoms with E-state index in [-0.39, 0.29) is 18.6 Å². The van der Waals surface area contributed by atoms with Crippen molar-refractivity contribution in [3.8, 4) is 11.5 Å². The van der Waals surface area contributed by atoms with E-state index < -0.39 is 0 Å². The summed E-state index contributed by atoms with van der Waals surface area (Å²) in [5.74, 6) is 1.21. The molecule has 0 heterocycles. The summed E-state index contributed by atoms with van der Waals surface area (Å²) in [5.41, 5.74) is 0.707. The minimum atomic E-state index is -0.211. The van der Waals surface area contributed by atoms with E-state index in [1.807, 2.05) is 44.2 Å². The van der Waals surface area contributed by atoms with E-state index in [2.05, 4.69) is 21.2 Å². The van der Waals surface area contributed by atoms with E-state index >= 15 is 0 Å². The van der Waals surface area contributed by atoms with Crippen molar-refractivity contribution in [2.45, 2.75) is 20.0 Å². The van der Waals surface area contributed by atoms with E-state index in [0.29, 0.717) is 11.4 Å². The van der Waals surface area contributed by atoms with Gasteiger partial charge in [-0.2, -0.15) is 0 Å². The topological polar surface area (TPSA) is 47.6 Å². The van der Waals surface area contributed by atoms with Gasteiger partial charge in [-0.15, -0.1) is 0 Å². The first-order chi connectivity index (χ1) is 10.5. The lowest BCUT2D eigenvalue weighted by atomic mass is 10.3. The molecule has 0 spiro atoms. The van der Waals surface area contributed by atoms with E-state index in [1.54, 1.807) is 18.2 Å². The number of anilines is 1. The Morgan fingerprint density at radius 3 is 2.50 bits per heavy atom. The second kappa shape index (κ2) is 7.84. The number of carbonyl (C=O) groups excluding carboxylic acids is 1. The molecule has 0 aliphatic carbocycles. The largest absolute Gasteiger partial charge is 0.491 e. The predicted molar refractivity (Wildman–Crippen MR) is 90.5 cm³/mol. The van der Waals surface area contributed by atoms with Gasteiger partial charge in [-0.1, -0.05) is 22.0 Å². The Labute approximate surface area is 138 Å². The Kier molecular flexibility index (Phi) is 5.83. The van der Waals surface area contributed by atoms with Gasteiger partial charge >= 0.3 is 0 Å². The Balaban J connectivity index is 1.84. The quantitative estimate of drug-likeness (QED) is 0.834. The molecule has 2 aromatic carbocycles. The van der Waals surface area contributed by atoms with Crippen molar-refractivity contribution in [3.63, 3.8) is 0 Å².